The van der Waals surface area contributed by atoms with Crippen LogP contribution in [0.5, 0.6) is 5.75 Å². The SMILES string of the molecule is COc1ccc(C)cc1C(=O)c1ccc(F)c(F)c1F. The average Bonchev–Trinajstić information content (AvgIpc) is 2.44. The third-order valence-electron chi connectivity index (χ3n) is 2.88. The summed E-state index contributed by atoms with van der Waals surface area (Å²) in [7, 11) is 1.36. The Morgan fingerprint density at radius 3 is 2.35 bits per heavy atom. The number of aryl methyl sites for hydroxylation is 1. The molecule has 0 atom stereocenters. The molecule has 5 heteroatoms. The molecule has 0 saturated carbocycles. The quantitative estimate of drug-likeness (QED) is 0.633. The van der Waals surface area contributed by atoms with Gasteiger partial charge in [-0.2, -0.15) is 0 Å². The Balaban J connectivity index is 2.57. The predicted molar refractivity (Wildman–Crippen MR) is 67.5 cm³/mol. The van der Waals surface area contributed by atoms with Gasteiger partial charge in [-0.1, -0.05) is 11.6 Å². The standard InChI is InChI=1S/C15H11F3O2/c1-8-3-6-12(20-2)10(7-8)15(19)9-4-5-11(16)14(18)13(9)17/h3-7H,1-2H3. The summed E-state index contributed by atoms with van der Waals surface area (Å²) in [6, 6.07) is 6.41. The van der Waals surface area contributed by atoms with E-state index in [1.165, 1.54) is 13.2 Å². The molecule has 0 fully saturated rings. The number of hydrogen-bond donors (Lipinski definition) is 0. The highest BCUT2D eigenvalue weighted by Gasteiger charge is 2.22. The fourth-order valence-electron chi connectivity index (χ4n) is 1.85. The van der Waals surface area contributed by atoms with Crippen molar-refractivity contribution in [2.45, 2.75) is 6.92 Å². The van der Waals surface area contributed by atoms with Crippen LogP contribution in [0, 0.1) is 24.4 Å². The van der Waals surface area contributed by atoms with Gasteiger partial charge in [0.05, 0.1) is 18.2 Å². The molecule has 0 N–H and O–H groups in total. The largest absolute Gasteiger partial charge is 0.496 e. The minimum absolute atomic E-state index is 0.0948. The Morgan fingerprint density at radius 1 is 1.00 bits per heavy atom. The van der Waals surface area contributed by atoms with Crippen LogP contribution >= 0.6 is 0 Å². The number of halogens is 3. The molecule has 20 heavy (non-hydrogen) atoms. The van der Waals surface area contributed by atoms with Crippen LogP contribution < -0.4 is 4.74 Å². The van der Waals surface area contributed by atoms with Crippen LogP contribution in [0.4, 0.5) is 13.2 Å². The lowest BCUT2D eigenvalue weighted by atomic mass is 10.00. The first-order chi connectivity index (χ1) is 9.45. The maximum absolute atomic E-state index is 13.7. The van der Waals surface area contributed by atoms with Crippen molar-refractivity contribution in [3.05, 3.63) is 64.5 Å². The molecule has 2 nitrogen and oxygen atoms in total. The van der Waals surface area contributed by atoms with Gasteiger partial charge in [-0.15, -0.1) is 0 Å². The molecule has 0 aliphatic heterocycles. The monoisotopic (exact) mass is 280 g/mol. The first-order valence-electron chi connectivity index (χ1n) is 5.78. The summed E-state index contributed by atoms with van der Waals surface area (Å²) in [6.45, 7) is 1.75. The Morgan fingerprint density at radius 2 is 1.70 bits per heavy atom. The smallest absolute Gasteiger partial charge is 0.199 e. The molecular formula is C15H11F3O2. The highest BCUT2D eigenvalue weighted by molar-refractivity contribution is 6.11. The molecule has 0 unspecified atom stereocenters. The minimum Gasteiger partial charge on any atom is -0.496 e. The molecular weight excluding hydrogens is 269 g/mol. The van der Waals surface area contributed by atoms with Gasteiger partial charge in [0, 0.05) is 0 Å². The molecule has 2 aromatic rings. The summed E-state index contributed by atoms with van der Waals surface area (Å²) in [4.78, 5) is 12.3. The summed E-state index contributed by atoms with van der Waals surface area (Å²) in [6.07, 6.45) is 0. The highest BCUT2D eigenvalue weighted by Crippen LogP contribution is 2.25. The molecule has 0 aliphatic carbocycles. The summed E-state index contributed by atoms with van der Waals surface area (Å²) < 4.78 is 44.8. The minimum atomic E-state index is -1.66. The van der Waals surface area contributed by atoms with Crippen molar-refractivity contribution in [2.75, 3.05) is 7.11 Å². The molecule has 0 heterocycles. The van der Waals surface area contributed by atoms with Gasteiger partial charge >= 0.3 is 0 Å². The molecule has 0 bridgehead atoms. The van der Waals surface area contributed by atoms with Crippen molar-refractivity contribution in [1.82, 2.24) is 0 Å². The van der Waals surface area contributed by atoms with Crippen molar-refractivity contribution in [1.29, 1.82) is 0 Å². The summed E-state index contributed by atoms with van der Waals surface area (Å²) in [5.41, 5.74) is 0.322. The summed E-state index contributed by atoms with van der Waals surface area (Å²) in [5, 5.41) is 0. The maximum atomic E-state index is 13.7. The Kier molecular flexibility index (Phi) is 3.79. The van der Waals surface area contributed by atoms with Crippen LogP contribution in [0.2, 0.25) is 0 Å². The molecule has 0 aromatic heterocycles. The van der Waals surface area contributed by atoms with Crippen LogP contribution in [-0.4, -0.2) is 12.9 Å². The van der Waals surface area contributed by atoms with Crippen molar-refractivity contribution >= 4 is 5.78 Å². The molecule has 0 saturated heterocycles. The van der Waals surface area contributed by atoms with E-state index in [2.05, 4.69) is 0 Å². The molecule has 2 aromatic carbocycles. The highest BCUT2D eigenvalue weighted by atomic mass is 19.2. The van der Waals surface area contributed by atoms with E-state index in [1.54, 1.807) is 19.1 Å². The number of methoxy groups -OCH3 is 1. The van der Waals surface area contributed by atoms with E-state index in [0.717, 1.165) is 11.6 Å². The van der Waals surface area contributed by atoms with E-state index in [9.17, 15) is 18.0 Å². The van der Waals surface area contributed by atoms with E-state index in [1.807, 2.05) is 0 Å². The molecule has 2 rings (SSSR count). The third kappa shape index (κ3) is 2.39. The van der Waals surface area contributed by atoms with Crippen LogP contribution in [0.25, 0.3) is 0 Å². The predicted octanol–water partition coefficient (Wildman–Crippen LogP) is 3.65. The molecule has 0 radical (unpaired) electrons. The van der Waals surface area contributed by atoms with Crippen LogP contribution in [0.1, 0.15) is 21.5 Å². The second-order valence-electron chi connectivity index (χ2n) is 4.26. The van der Waals surface area contributed by atoms with E-state index in [-0.39, 0.29) is 11.3 Å². The van der Waals surface area contributed by atoms with E-state index in [0.29, 0.717) is 6.07 Å². The first-order valence-corrected chi connectivity index (χ1v) is 5.78. The zero-order valence-corrected chi connectivity index (χ0v) is 10.8. The van der Waals surface area contributed by atoms with E-state index >= 15 is 0 Å². The fraction of sp³-hybridized carbons (Fsp3) is 0.133. The summed E-state index contributed by atoms with van der Waals surface area (Å²) >= 11 is 0. The lowest BCUT2D eigenvalue weighted by Crippen LogP contribution is -2.09. The second-order valence-corrected chi connectivity index (χ2v) is 4.26. The third-order valence-corrected chi connectivity index (χ3v) is 2.88. The lowest BCUT2D eigenvalue weighted by Gasteiger charge is -2.09. The summed E-state index contributed by atoms with van der Waals surface area (Å²) in [5.74, 6) is -5.03. The normalized spacial score (nSPS) is 10.4. The zero-order chi connectivity index (χ0) is 14.9. The Bertz CT molecular complexity index is 681. The van der Waals surface area contributed by atoms with E-state index in [4.69, 9.17) is 4.74 Å². The lowest BCUT2D eigenvalue weighted by molar-refractivity contribution is 0.103. The number of ether oxygens (including phenoxy) is 1. The number of hydrogen-bond acceptors (Lipinski definition) is 2. The Hall–Kier alpha value is -2.30. The van der Waals surface area contributed by atoms with E-state index < -0.39 is 28.8 Å². The van der Waals surface area contributed by atoms with Gasteiger partial charge in [-0.25, -0.2) is 13.2 Å². The average molecular weight is 280 g/mol. The fourth-order valence-corrected chi connectivity index (χ4v) is 1.85. The molecule has 104 valence electrons. The van der Waals surface area contributed by atoms with Crippen LogP contribution in [0.3, 0.4) is 0 Å². The number of carbonyl (C=O) groups excluding carboxylic acids is 1. The van der Waals surface area contributed by atoms with Gasteiger partial charge in [-0.05, 0) is 31.2 Å². The van der Waals surface area contributed by atoms with Gasteiger partial charge in [0.15, 0.2) is 23.2 Å². The maximum Gasteiger partial charge on any atom is 0.199 e. The number of benzene rings is 2. The topological polar surface area (TPSA) is 26.3 Å². The number of rotatable bonds is 3. The van der Waals surface area contributed by atoms with Crippen LogP contribution in [-0.2, 0) is 0 Å². The van der Waals surface area contributed by atoms with Gasteiger partial charge in [0.25, 0.3) is 0 Å². The first kappa shape index (κ1) is 14.1. The van der Waals surface area contributed by atoms with Crippen LogP contribution in [0.15, 0.2) is 30.3 Å². The van der Waals surface area contributed by atoms with Gasteiger partial charge < -0.3 is 4.74 Å². The number of ketones is 1. The molecule has 0 amide bonds. The van der Waals surface area contributed by atoms with Crippen molar-refractivity contribution in [2.24, 2.45) is 0 Å². The Labute approximate surface area is 113 Å². The van der Waals surface area contributed by atoms with Crippen molar-refractivity contribution in [3.8, 4) is 5.75 Å². The molecule has 0 aliphatic rings. The molecule has 0 spiro atoms. The van der Waals surface area contributed by atoms with Crippen molar-refractivity contribution in [3.63, 3.8) is 0 Å². The van der Waals surface area contributed by atoms with Crippen molar-refractivity contribution < 1.29 is 22.7 Å². The van der Waals surface area contributed by atoms with Gasteiger partial charge in [-0.3, -0.25) is 4.79 Å². The van der Waals surface area contributed by atoms with Gasteiger partial charge in [0.1, 0.15) is 5.75 Å². The zero-order valence-electron chi connectivity index (χ0n) is 10.8. The van der Waals surface area contributed by atoms with Gasteiger partial charge in [0.2, 0.25) is 0 Å². The number of carbonyl (C=O) groups is 1. The second kappa shape index (κ2) is 5.36.